The number of nitrogens with one attached hydrogen (secondary N) is 1. The SMILES string of the molecule is Cc1nc(CCNC(=O)CCc2csc(-c3ccccc3)n2)cs1. The molecule has 2 aromatic heterocycles. The molecule has 1 aromatic carbocycles. The van der Waals surface area contributed by atoms with Gasteiger partial charge in [0.2, 0.25) is 5.91 Å². The fourth-order valence-electron chi connectivity index (χ4n) is 2.32. The highest BCUT2D eigenvalue weighted by molar-refractivity contribution is 7.13. The van der Waals surface area contributed by atoms with Crippen LogP contribution in [0.25, 0.3) is 10.6 Å². The van der Waals surface area contributed by atoms with E-state index in [1.165, 1.54) is 0 Å². The highest BCUT2D eigenvalue weighted by Crippen LogP contribution is 2.23. The molecule has 3 aromatic rings. The number of benzene rings is 1. The van der Waals surface area contributed by atoms with Gasteiger partial charge in [0.25, 0.3) is 0 Å². The molecule has 0 atom stereocenters. The smallest absolute Gasteiger partial charge is 0.220 e. The average molecular weight is 358 g/mol. The number of hydrogen-bond donors (Lipinski definition) is 1. The van der Waals surface area contributed by atoms with Crippen LogP contribution in [-0.2, 0) is 17.6 Å². The molecule has 0 spiro atoms. The number of aryl methyl sites for hydroxylation is 2. The molecule has 124 valence electrons. The Morgan fingerprint density at radius 1 is 1.04 bits per heavy atom. The first kappa shape index (κ1) is 16.8. The molecule has 0 radical (unpaired) electrons. The first-order chi connectivity index (χ1) is 11.7. The van der Waals surface area contributed by atoms with Crippen molar-refractivity contribution in [1.82, 2.24) is 15.3 Å². The largest absolute Gasteiger partial charge is 0.356 e. The molecule has 1 N–H and O–H groups in total. The average Bonchev–Trinajstić information content (AvgIpc) is 3.23. The van der Waals surface area contributed by atoms with E-state index in [0.29, 0.717) is 19.4 Å². The minimum Gasteiger partial charge on any atom is -0.356 e. The molecule has 0 aliphatic heterocycles. The predicted octanol–water partition coefficient (Wildman–Crippen LogP) is 3.87. The zero-order chi connectivity index (χ0) is 16.8. The van der Waals surface area contributed by atoms with E-state index in [9.17, 15) is 4.79 Å². The molecule has 0 unspecified atom stereocenters. The topological polar surface area (TPSA) is 54.9 Å². The van der Waals surface area contributed by atoms with Crippen molar-refractivity contribution in [3.8, 4) is 10.6 Å². The van der Waals surface area contributed by atoms with Gasteiger partial charge >= 0.3 is 0 Å². The lowest BCUT2D eigenvalue weighted by Crippen LogP contribution is -2.26. The van der Waals surface area contributed by atoms with Gasteiger partial charge in [-0.2, -0.15) is 0 Å². The minimum atomic E-state index is 0.0659. The van der Waals surface area contributed by atoms with Crippen LogP contribution >= 0.6 is 22.7 Å². The third kappa shape index (κ3) is 4.72. The molecular weight excluding hydrogens is 338 g/mol. The Hall–Kier alpha value is -2.05. The van der Waals surface area contributed by atoms with Gasteiger partial charge in [0.1, 0.15) is 5.01 Å². The summed E-state index contributed by atoms with van der Waals surface area (Å²) in [5.41, 5.74) is 3.14. The highest BCUT2D eigenvalue weighted by Gasteiger charge is 2.07. The molecule has 3 rings (SSSR count). The maximum absolute atomic E-state index is 11.9. The van der Waals surface area contributed by atoms with E-state index in [1.54, 1.807) is 22.7 Å². The third-order valence-corrected chi connectivity index (χ3v) is 5.31. The molecule has 2 heterocycles. The van der Waals surface area contributed by atoms with Crippen LogP contribution in [0.1, 0.15) is 22.8 Å². The summed E-state index contributed by atoms with van der Waals surface area (Å²) in [5, 5.41) is 9.10. The summed E-state index contributed by atoms with van der Waals surface area (Å²) in [6, 6.07) is 10.1. The second-order valence-electron chi connectivity index (χ2n) is 5.47. The van der Waals surface area contributed by atoms with E-state index in [1.807, 2.05) is 35.9 Å². The van der Waals surface area contributed by atoms with E-state index in [4.69, 9.17) is 0 Å². The van der Waals surface area contributed by atoms with Gasteiger partial charge in [-0.1, -0.05) is 30.3 Å². The molecule has 0 fully saturated rings. The lowest BCUT2D eigenvalue weighted by molar-refractivity contribution is -0.121. The molecule has 0 aliphatic rings. The summed E-state index contributed by atoms with van der Waals surface area (Å²) in [6.45, 7) is 2.62. The van der Waals surface area contributed by atoms with Crippen molar-refractivity contribution in [3.05, 3.63) is 57.5 Å². The van der Waals surface area contributed by atoms with Crippen LogP contribution in [0.5, 0.6) is 0 Å². The first-order valence-corrected chi connectivity index (χ1v) is 9.64. The van der Waals surface area contributed by atoms with Crippen LogP contribution in [0, 0.1) is 6.92 Å². The summed E-state index contributed by atoms with van der Waals surface area (Å²) < 4.78 is 0. The quantitative estimate of drug-likeness (QED) is 0.698. The summed E-state index contributed by atoms with van der Waals surface area (Å²) in [6.07, 6.45) is 1.92. The van der Waals surface area contributed by atoms with Crippen LogP contribution < -0.4 is 5.32 Å². The van der Waals surface area contributed by atoms with Crippen LogP contribution in [-0.4, -0.2) is 22.4 Å². The second-order valence-corrected chi connectivity index (χ2v) is 7.39. The van der Waals surface area contributed by atoms with Gasteiger partial charge in [0.15, 0.2) is 0 Å². The second kappa shape index (κ2) is 8.17. The van der Waals surface area contributed by atoms with Gasteiger partial charge in [-0.05, 0) is 13.3 Å². The summed E-state index contributed by atoms with van der Waals surface area (Å²) in [4.78, 5) is 20.9. The molecule has 24 heavy (non-hydrogen) atoms. The summed E-state index contributed by atoms with van der Waals surface area (Å²) in [5.74, 6) is 0.0659. The third-order valence-electron chi connectivity index (χ3n) is 3.55. The van der Waals surface area contributed by atoms with Crippen molar-refractivity contribution in [1.29, 1.82) is 0 Å². The molecule has 0 aliphatic carbocycles. The Balaban J connectivity index is 1.42. The van der Waals surface area contributed by atoms with E-state index < -0.39 is 0 Å². The Bertz CT molecular complexity index is 795. The molecular formula is C18H19N3OS2. The maximum Gasteiger partial charge on any atom is 0.220 e. The van der Waals surface area contributed by atoms with E-state index in [2.05, 4.69) is 27.4 Å². The van der Waals surface area contributed by atoms with Gasteiger partial charge in [-0.25, -0.2) is 9.97 Å². The minimum absolute atomic E-state index is 0.0659. The van der Waals surface area contributed by atoms with Crippen LogP contribution in [0.2, 0.25) is 0 Å². The number of rotatable bonds is 7. The summed E-state index contributed by atoms with van der Waals surface area (Å²) in [7, 11) is 0. The number of amides is 1. The predicted molar refractivity (Wildman–Crippen MR) is 99.4 cm³/mol. The monoisotopic (exact) mass is 357 g/mol. The Labute approximate surface area is 149 Å². The summed E-state index contributed by atoms with van der Waals surface area (Å²) >= 11 is 3.26. The number of carbonyl (C=O) groups is 1. The lowest BCUT2D eigenvalue weighted by atomic mass is 10.2. The highest BCUT2D eigenvalue weighted by atomic mass is 32.1. The van der Waals surface area contributed by atoms with E-state index in [0.717, 1.165) is 33.4 Å². The van der Waals surface area contributed by atoms with Gasteiger partial charge in [0.05, 0.1) is 16.4 Å². The maximum atomic E-state index is 11.9. The number of nitrogens with zero attached hydrogens (tertiary/aromatic N) is 2. The molecule has 0 saturated heterocycles. The zero-order valence-corrected chi connectivity index (χ0v) is 15.1. The van der Waals surface area contributed by atoms with Crippen molar-refractivity contribution in [2.75, 3.05) is 6.54 Å². The Morgan fingerprint density at radius 3 is 2.54 bits per heavy atom. The van der Waals surface area contributed by atoms with Crippen molar-refractivity contribution in [2.45, 2.75) is 26.2 Å². The van der Waals surface area contributed by atoms with E-state index in [-0.39, 0.29) is 5.91 Å². The zero-order valence-electron chi connectivity index (χ0n) is 13.5. The number of carbonyl (C=O) groups excluding carboxylic acids is 1. The number of aromatic nitrogens is 2. The molecule has 0 bridgehead atoms. The van der Waals surface area contributed by atoms with Crippen LogP contribution in [0.15, 0.2) is 41.1 Å². The Morgan fingerprint density at radius 2 is 1.79 bits per heavy atom. The van der Waals surface area contributed by atoms with Gasteiger partial charge < -0.3 is 5.32 Å². The van der Waals surface area contributed by atoms with Crippen molar-refractivity contribution in [2.24, 2.45) is 0 Å². The van der Waals surface area contributed by atoms with Crippen LogP contribution in [0.4, 0.5) is 0 Å². The van der Waals surface area contributed by atoms with Crippen molar-refractivity contribution >= 4 is 28.6 Å². The van der Waals surface area contributed by atoms with Gasteiger partial charge in [-0.3, -0.25) is 4.79 Å². The van der Waals surface area contributed by atoms with Crippen molar-refractivity contribution < 1.29 is 4.79 Å². The Kier molecular flexibility index (Phi) is 5.72. The molecule has 6 heteroatoms. The number of thiazole rings is 2. The number of hydrogen-bond acceptors (Lipinski definition) is 5. The lowest BCUT2D eigenvalue weighted by Gasteiger charge is -2.03. The molecule has 1 amide bonds. The standard InChI is InChI=1S/C18H19N3OS2/c1-13-20-16(11-23-13)9-10-19-17(22)8-7-15-12-24-18(21-15)14-5-3-2-4-6-14/h2-6,11-12H,7-10H2,1H3,(H,19,22). The first-order valence-electron chi connectivity index (χ1n) is 7.88. The normalized spacial score (nSPS) is 10.7. The van der Waals surface area contributed by atoms with Crippen LogP contribution in [0.3, 0.4) is 0 Å². The fraction of sp³-hybridized carbons (Fsp3) is 0.278. The molecule has 4 nitrogen and oxygen atoms in total. The van der Waals surface area contributed by atoms with E-state index >= 15 is 0 Å². The van der Waals surface area contributed by atoms with Gasteiger partial charge in [0, 0.05) is 35.7 Å². The molecule has 0 saturated carbocycles. The fourth-order valence-corrected chi connectivity index (χ4v) is 3.83. The van der Waals surface area contributed by atoms with Gasteiger partial charge in [-0.15, -0.1) is 22.7 Å². The van der Waals surface area contributed by atoms with Crippen molar-refractivity contribution in [3.63, 3.8) is 0 Å².